The third-order valence-corrected chi connectivity index (χ3v) is 6.55. The molecule has 0 aromatic heterocycles. The first-order chi connectivity index (χ1) is 15.6. The van der Waals surface area contributed by atoms with Crippen LogP contribution >= 0.6 is 11.8 Å². The highest BCUT2D eigenvalue weighted by Gasteiger charge is 2.37. The van der Waals surface area contributed by atoms with Gasteiger partial charge in [0.05, 0.1) is 26.2 Å². The number of hydrogen-bond donors (Lipinski definition) is 0. The number of methoxy groups -OCH3 is 3. The van der Waals surface area contributed by atoms with Crippen LogP contribution in [0.3, 0.4) is 0 Å². The lowest BCUT2D eigenvalue weighted by Crippen LogP contribution is -2.27. The van der Waals surface area contributed by atoms with Gasteiger partial charge in [-0.1, -0.05) is 72.4 Å². The normalized spacial score (nSPS) is 17.0. The van der Waals surface area contributed by atoms with Gasteiger partial charge in [0.2, 0.25) is 5.75 Å². The Hall–Kier alpha value is -3.38. The van der Waals surface area contributed by atoms with E-state index in [0.29, 0.717) is 28.7 Å². The summed E-state index contributed by atoms with van der Waals surface area (Å²) in [6.45, 7) is 0.541. The SMILES string of the molecule is COc1cc(/C=C2\SC(c3ccccc3)N(Cc3ccccc3)C2=O)cc(OC)c1OC. The molecule has 1 heterocycles. The van der Waals surface area contributed by atoms with Crippen LogP contribution in [0.5, 0.6) is 17.2 Å². The molecule has 0 N–H and O–H groups in total. The molecular formula is C26H25NO4S. The van der Waals surface area contributed by atoms with Gasteiger partial charge in [0.15, 0.2) is 11.5 Å². The Balaban J connectivity index is 1.72. The van der Waals surface area contributed by atoms with Crippen LogP contribution in [0.25, 0.3) is 6.08 Å². The molecule has 3 aromatic carbocycles. The van der Waals surface area contributed by atoms with Crippen LogP contribution in [-0.2, 0) is 11.3 Å². The maximum atomic E-state index is 13.5. The molecule has 4 rings (SSSR count). The number of benzene rings is 3. The van der Waals surface area contributed by atoms with Gasteiger partial charge in [-0.05, 0) is 34.9 Å². The van der Waals surface area contributed by atoms with Crippen molar-refractivity contribution in [1.82, 2.24) is 4.90 Å². The Labute approximate surface area is 192 Å². The second kappa shape index (κ2) is 9.83. The van der Waals surface area contributed by atoms with Gasteiger partial charge in [-0.2, -0.15) is 0 Å². The van der Waals surface area contributed by atoms with Crippen LogP contribution in [0.15, 0.2) is 77.7 Å². The summed E-state index contributed by atoms with van der Waals surface area (Å²) < 4.78 is 16.3. The van der Waals surface area contributed by atoms with Gasteiger partial charge >= 0.3 is 0 Å². The molecule has 1 aliphatic rings. The van der Waals surface area contributed by atoms with Gasteiger partial charge in [0, 0.05) is 6.54 Å². The summed E-state index contributed by atoms with van der Waals surface area (Å²) >= 11 is 1.56. The number of nitrogens with zero attached hydrogens (tertiary/aromatic N) is 1. The molecule has 32 heavy (non-hydrogen) atoms. The average Bonchev–Trinajstić information content (AvgIpc) is 3.14. The second-order valence-electron chi connectivity index (χ2n) is 7.27. The van der Waals surface area contributed by atoms with E-state index >= 15 is 0 Å². The maximum absolute atomic E-state index is 13.5. The Bertz CT molecular complexity index is 1090. The Kier molecular flexibility index (Phi) is 6.71. The van der Waals surface area contributed by atoms with E-state index in [2.05, 4.69) is 12.1 Å². The second-order valence-corrected chi connectivity index (χ2v) is 8.39. The Morgan fingerprint density at radius 1 is 0.875 bits per heavy atom. The quantitative estimate of drug-likeness (QED) is 0.446. The maximum Gasteiger partial charge on any atom is 0.261 e. The molecule has 6 heteroatoms. The predicted octanol–water partition coefficient (Wildman–Crippen LogP) is 5.53. The summed E-state index contributed by atoms with van der Waals surface area (Å²) in [5.41, 5.74) is 3.00. The van der Waals surface area contributed by atoms with Crippen LogP contribution in [0, 0.1) is 0 Å². The van der Waals surface area contributed by atoms with Crippen molar-refractivity contribution in [2.75, 3.05) is 21.3 Å². The minimum Gasteiger partial charge on any atom is -0.493 e. The molecule has 1 aliphatic heterocycles. The van der Waals surface area contributed by atoms with Gasteiger partial charge < -0.3 is 19.1 Å². The number of thioether (sulfide) groups is 1. The summed E-state index contributed by atoms with van der Waals surface area (Å²) in [5, 5.41) is -0.0998. The van der Waals surface area contributed by atoms with Crippen molar-refractivity contribution >= 4 is 23.7 Å². The van der Waals surface area contributed by atoms with E-state index in [0.717, 1.165) is 16.7 Å². The van der Waals surface area contributed by atoms with Crippen molar-refractivity contribution in [2.24, 2.45) is 0 Å². The third-order valence-electron chi connectivity index (χ3n) is 5.26. The highest BCUT2D eigenvalue weighted by Crippen LogP contribution is 2.47. The highest BCUT2D eigenvalue weighted by molar-refractivity contribution is 8.04. The Morgan fingerprint density at radius 3 is 2.03 bits per heavy atom. The van der Waals surface area contributed by atoms with Crippen LogP contribution in [0.4, 0.5) is 0 Å². The van der Waals surface area contributed by atoms with Gasteiger partial charge in [-0.3, -0.25) is 4.79 Å². The van der Waals surface area contributed by atoms with Crippen molar-refractivity contribution in [3.8, 4) is 17.2 Å². The molecule has 0 saturated carbocycles. The molecular weight excluding hydrogens is 422 g/mol. The van der Waals surface area contributed by atoms with Crippen LogP contribution in [0.1, 0.15) is 22.1 Å². The predicted molar refractivity (Wildman–Crippen MR) is 128 cm³/mol. The van der Waals surface area contributed by atoms with E-state index in [9.17, 15) is 4.79 Å². The molecule has 5 nitrogen and oxygen atoms in total. The average molecular weight is 448 g/mol. The zero-order valence-electron chi connectivity index (χ0n) is 18.3. The lowest BCUT2D eigenvalue weighted by molar-refractivity contribution is -0.126. The van der Waals surface area contributed by atoms with Crippen molar-refractivity contribution in [3.05, 3.63) is 94.4 Å². The summed E-state index contributed by atoms with van der Waals surface area (Å²) in [7, 11) is 4.73. The van der Waals surface area contributed by atoms with Crippen molar-refractivity contribution in [3.63, 3.8) is 0 Å². The number of amides is 1. The van der Waals surface area contributed by atoms with E-state index in [1.807, 2.05) is 71.6 Å². The Morgan fingerprint density at radius 2 is 1.47 bits per heavy atom. The molecule has 1 amide bonds. The summed E-state index contributed by atoms with van der Waals surface area (Å²) in [5.74, 6) is 1.63. The fourth-order valence-corrected chi connectivity index (χ4v) is 4.97. The minimum atomic E-state index is -0.0998. The molecule has 1 fully saturated rings. The van der Waals surface area contributed by atoms with Gasteiger partial charge in [0.25, 0.3) is 5.91 Å². The number of carbonyl (C=O) groups is 1. The van der Waals surface area contributed by atoms with E-state index in [1.54, 1.807) is 33.1 Å². The standard InChI is InChI=1S/C26H25NO4S/c1-29-21-14-19(15-22(30-2)24(21)31-3)16-23-25(28)27(17-18-10-6-4-7-11-18)26(32-23)20-12-8-5-9-13-20/h4-16,26H,17H2,1-3H3/b23-16-. The third kappa shape index (κ3) is 4.46. The topological polar surface area (TPSA) is 48.0 Å². The molecule has 0 radical (unpaired) electrons. The molecule has 1 atom stereocenters. The molecule has 0 spiro atoms. The zero-order valence-corrected chi connectivity index (χ0v) is 19.1. The lowest BCUT2D eigenvalue weighted by atomic mass is 10.1. The van der Waals surface area contributed by atoms with Gasteiger partial charge in [-0.25, -0.2) is 0 Å². The minimum absolute atomic E-state index is 0.00135. The summed E-state index contributed by atoms with van der Waals surface area (Å²) in [6, 6.07) is 23.9. The van der Waals surface area contributed by atoms with Gasteiger partial charge in [-0.15, -0.1) is 0 Å². The van der Waals surface area contributed by atoms with Crippen LogP contribution in [0.2, 0.25) is 0 Å². The number of carbonyl (C=O) groups excluding carboxylic acids is 1. The van der Waals surface area contributed by atoms with Crippen molar-refractivity contribution in [1.29, 1.82) is 0 Å². The number of rotatable bonds is 7. The smallest absolute Gasteiger partial charge is 0.261 e. The molecule has 1 unspecified atom stereocenters. The van der Waals surface area contributed by atoms with Crippen molar-refractivity contribution < 1.29 is 19.0 Å². The largest absolute Gasteiger partial charge is 0.493 e. The first-order valence-corrected chi connectivity index (χ1v) is 11.1. The van der Waals surface area contributed by atoms with Gasteiger partial charge in [0.1, 0.15) is 5.37 Å². The van der Waals surface area contributed by atoms with Crippen LogP contribution < -0.4 is 14.2 Å². The fourth-order valence-electron chi connectivity index (χ4n) is 3.71. The zero-order chi connectivity index (χ0) is 22.5. The molecule has 164 valence electrons. The number of hydrogen-bond acceptors (Lipinski definition) is 5. The van der Waals surface area contributed by atoms with E-state index in [4.69, 9.17) is 14.2 Å². The molecule has 0 aliphatic carbocycles. The van der Waals surface area contributed by atoms with E-state index in [-0.39, 0.29) is 11.3 Å². The summed E-state index contributed by atoms with van der Waals surface area (Å²) in [6.07, 6.45) is 1.89. The first-order valence-electron chi connectivity index (χ1n) is 10.2. The molecule has 0 bridgehead atoms. The van der Waals surface area contributed by atoms with E-state index in [1.165, 1.54) is 0 Å². The van der Waals surface area contributed by atoms with Crippen LogP contribution in [-0.4, -0.2) is 32.1 Å². The van der Waals surface area contributed by atoms with Crippen molar-refractivity contribution in [2.45, 2.75) is 11.9 Å². The lowest BCUT2D eigenvalue weighted by Gasteiger charge is -2.23. The molecule has 1 saturated heterocycles. The molecule has 3 aromatic rings. The highest BCUT2D eigenvalue weighted by atomic mass is 32.2. The van der Waals surface area contributed by atoms with E-state index < -0.39 is 0 Å². The number of ether oxygens (including phenoxy) is 3. The fraction of sp³-hybridized carbons (Fsp3) is 0.192. The monoisotopic (exact) mass is 447 g/mol. The summed E-state index contributed by atoms with van der Waals surface area (Å²) in [4.78, 5) is 16.1. The first kappa shape index (κ1) is 21.8.